The molecule has 1 fully saturated rings. The quantitative estimate of drug-likeness (QED) is 0.537. The first-order chi connectivity index (χ1) is 13.9. The summed E-state index contributed by atoms with van der Waals surface area (Å²) in [6, 6.07) is 2.15. The zero-order valence-corrected chi connectivity index (χ0v) is 17.3. The normalized spacial score (nSPS) is 19.1. The number of allylic oxidation sites excluding steroid dienone is 4. The summed E-state index contributed by atoms with van der Waals surface area (Å²) in [5.74, 6) is 0. The van der Waals surface area contributed by atoms with Crippen LogP contribution in [0, 0.1) is 0 Å². The maximum Gasteiger partial charge on any atom is 0.416 e. The van der Waals surface area contributed by atoms with Gasteiger partial charge in [0.1, 0.15) is 0 Å². The van der Waals surface area contributed by atoms with Crippen molar-refractivity contribution in [3.05, 3.63) is 65.0 Å². The van der Waals surface area contributed by atoms with Crippen molar-refractivity contribution in [2.24, 2.45) is 0 Å². The van der Waals surface area contributed by atoms with Gasteiger partial charge >= 0.3 is 6.18 Å². The van der Waals surface area contributed by atoms with E-state index in [1.54, 1.807) is 0 Å². The molecule has 3 nitrogen and oxygen atoms in total. The first kappa shape index (κ1) is 23.4. The van der Waals surface area contributed by atoms with Crippen molar-refractivity contribution in [3.63, 3.8) is 0 Å². The number of pyridine rings is 1. The van der Waals surface area contributed by atoms with E-state index in [1.807, 2.05) is 13.0 Å². The molecule has 6 heteroatoms. The molecule has 1 aromatic rings. The van der Waals surface area contributed by atoms with Crippen LogP contribution in [0.1, 0.15) is 50.8 Å². The van der Waals surface area contributed by atoms with Crippen molar-refractivity contribution in [2.75, 3.05) is 19.7 Å². The van der Waals surface area contributed by atoms with E-state index in [-0.39, 0.29) is 6.10 Å². The Morgan fingerprint density at radius 2 is 2.17 bits per heavy atom. The maximum atomic E-state index is 12.8. The number of aromatic nitrogens is 1. The summed E-state index contributed by atoms with van der Waals surface area (Å²) >= 11 is 0. The van der Waals surface area contributed by atoms with Crippen LogP contribution < -0.4 is 5.32 Å². The summed E-state index contributed by atoms with van der Waals surface area (Å²) in [6.45, 7) is 6.53. The molecule has 0 saturated carbocycles. The molecule has 0 radical (unpaired) electrons. The minimum Gasteiger partial charge on any atom is -0.371 e. The van der Waals surface area contributed by atoms with Crippen LogP contribution in [0.15, 0.2) is 53.8 Å². The molecule has 1 aliphatic heterocycles. The smallest absolute Gasteiger partial charge is 0.371 e. The molecule has 2 heterocycles. The third-order valence-corrected chi connectivity index (χ3v) is 4.87. The molecular formula is C23H31F3N2O. The Balaban J connectivity index is 1.93. The molecule has 0 bridgehead atoms. The van der Waals surface area contributed by atoms with Crippen LogP contribution in [0.2, 0.25) is 0 Å². The van der Waals surface area contributed by atoms with Crippen LogP contribution in [0.5, 0.6) is 0 Å². The van der Waals surface area contributed by atoms with E-state index in [4.69, 9.17) is 4.74 Å². The van der Waals surface area contributed by atoms with Gasteiger partial charge in [0.25, 0.3) is 0 Å². The van der Waals surface area contributed by atoms with Crippen molar-refractivity contribution in [2.45, 2.75) is 58.2 Å². The molecule has 0 amide bonds. The second-order valence-corrected chi connectivity index (χ2v) is 7.14. The van der Waals surface area contributed by atoms with Crippen molar-refractivity contribution in [3.8, 4) is 0 Å². The van der Waals surface area contributed by atoms with Crippen LogP contribution in [0.25, 0.3) is 0 Å². The first-order valence-electron chi connectivity index (χ1n) is 10.3. The van der Waals surface area contributed by atoms with Gasteiger partial charge in [0.05, 0.1) is 18.3 Å². The summed E-state index contributed by atoms with van der Waals surface area (Å²) in [4.78, 5) is 4.07. The largest absolute Gasteiger partial charge is 0.416 e. The van der Waals surface area contributed by atoms with E-state index < -0.39 is 11.7 Å². The van der Waals surface area contributed by atoms with Gasteiger partial charge in [-0.3, -0.25) is 4.98 Å². The molecule has 160 valence electrons. The van der Waals surface area contributed by atoms with E-state index in [2.05, 4.69) is 35.5 Å². The summed E-state index contributed by atoms with van der Waals surface area (Å²) in [5, 5.41) is 3.36. The summed E-state index contributed by atoms with van der Waals surface area (Å²) in [5.41, 5.74) is 2.17. The number of unbranched alkanes of at least 4 members (excludes halogenated alkanes) is 1. The van der Waals surface area contributed by atoms with Crippen molar-refractivity contribution >= 4 is 0 Å². The van der Waals surface area contributed by atoms with Gasteiger partial charge in [-0.15, -0.1) is 0 Å². The predicted molar refractivity (Wildman–Crippen MR) is 111 cm³/mol. The number of nitrogens with one attached hydrogen (secondary N) is 1. The SMILES string of the molecule is CC=C(C=CC(=CCCC)C1CNCCO1)CCCc1cc(C(F)(F)F)ccn1. The molecule has 0 spiro atoms. The van der Waals surface area contributed by atoms with Crippen molar-refractivity contribution in [1.29, 1.82) is 0 Å². The number of morpholine rings is 1. The Hall–Kier alpha value is -1.92. The van der Waals surface area contributed by atoms with Gasteiger partial charge in [-0.25, -0.2) is 0 Å². The highest BCUT2D eigenvalue weighted by molar-refractivity contribution is 5.31. The van der Waals surface area contributed by atoms with Crippen LogP contribution in [-0.2, 0) is 17.3 Å². The molecule has 1 aromatic heterocycles. The number of nitrogens with zero attached hydrogens (tertiary/aromatic N) is 1. The third-order valence-electron chi connectivity index (χ3n) is 4.87. The van der Waals surface area contributed by atoms with E-state index in [0.29, 0.717) is 18.7 Å². The molecule has 1 saturated heterocycles. The Bertz CT molecular complexity index is 717. The fraction of sp³-hybridized carbons (Fsp3) is 0.522. The lowest BCUT2D eigenvalue weighted by molar-refractivity contribution is -0.137. The molecule has 1 N–H and O–H groups in total. The molecule has 1 aliphatic rings. The lowest BCUT2D eigenvalue weighted by Gasteiger charge is -2.25. The van der Waals surface area contributed by atoms with Crippen LogP contribution in [0.4, 0.5) is 13.2 Å². The Morgan fingerprint density at radius 1 is 1.34 bits per heavy atom. The minimum absolute atomic E-state index is 0.0685. The number of aryl methyl sites for hydroxylation is 1. The number of alkyl halides is 3. The van der Waals surface area contributed by atoms with Crippen LogP contribution >= 0.6 is 0 Å². The average molecular weight is 409 g/mol. The Kier molecular flexibility index (Phi) is 9.61. The fourth-order valence-electron chi connectivity index (χ4n) is 3.19. The molecule has 1 atom stereocenters. The second kappa shape index (κ2) is 11.9. The molecule has 0 aliphatic carbocycles. The zero-order valence-electron chi connectivity index (χ0n) is 17.3. The minimum atomic E-state index is -4.33. The van der Waals surface area contributed by atoms with Gasteiger partial charge < -0.3 is 10.1 Å². The number of halogens is 3. The number of hydrogen-bond acceptors (Lipinski definition) is 3. The van der Waals surface area contributed by atoms with Gasteiger partial charge in [-0.05, 0) is 50.3 Å². The van der Waals surface area contributed by atoms with Gasteiger partial charge in [0.15, 0.2) is 0 Å². The highest BCUT2D eigenvalue weighted by Crippen LogP contribution is 2.29. The van der Waals surface area contributed by atoms with E-state index in [1.165, 1.54) is 11.8 Å². The number of rotatable bonds is 9. The first-order valence-corrected chi connectivity index (χ1v) is 10.3. The fourth-order valence-corrected chi connectivity index (χ4v) is 3.19. The van der Waals surface area contributed by atoms with E-state index >= 15 is 0 Å². The standard InChI is InChI=1S/C23H31F3N2O/c1-3-5-8-19(22-17-27-14-15-29-22)11-10-18(4-2)7-6-9-21-16-20(12-13-28-21)23(24,25)26/h4,8,10-13,16,22,27H,3,5-7,9,14-15,17H2,1-2H3. The highest BCUT2D eigenvalue weighted by atomic mass is 19.4. The topological polar surface area (TPSA) is 34.1 Å². The van der Waals surface area contributed by atoms with Crippen LogP contribution in [-0.4, -0.2) is 30.8 Å². The average Bonchev–Trinajstić information content (AvgIpc) is 2.72. The molecule has 29 heavy (non-hydrogen) atoms. The second-order valence-electron chi connectivity index (χ2n) is 7.14. The van der Waals surface area contributed by atoms with E-state index in [0.717, 1.165) is 56.5 Å². The summed E-state index contributed by atoms with van der Waals surface area (Å²) in [6.07, 6.45) is 9.60. The van der Waals surface area contributed by atoms with Crippen molar-refractivity contribution in [1.82, 2.24) is 10.3 Å². The molecule has 2 rings (SSSR count). The third kappa shape index (κ3) is 8.15. The lowest BCUT2D eigenvalue weighted by atomic mass is 10.0. The zero-order chi connectivity index (χ0) is 21.1. The Morgan fingerprint density at radius 3 is 2.83 bits per heavy atom. The van der Waals surface area contributed by atoms with Gasteiger partial charge in [0, 0.05) is 25.0 Å². The lowest BCUT2D eigenvalue weighted by Crippen LogP contribution is -2.39. The molecule has 1 unspecified atom stereocenters. The van der Waals surface area contributed by atoms with Crippen LogP contribution in [0.3, 0.4) is 0 Å². The predicted octanol–water partition coefficient (Wildman–Crippen LogP) is 5.64. The van der Waals surface area contributed by atoms with Gasteiger partial charge in [-0.2, -0.15) is 13.2 Å². The van der Waals surface area contributed by atoms with Crippen molar-refractivity contribution < 1.29 is 17.9 Å². The molecule has 0 aromatic carbocycles. The number of hydrogen-bond donors (Lipinski definition) is 1. The van der Waals surface area contributed by atoms with E-state index in [9.17, 15) is 13.2 Å². The highest BCUT2D eigenvalue weighted by Gasteiger charge is 2.30. The molecular weight excluding hydrogens is 377 g/mol. The monoisotopic (exact) mass is 408 g/mol. The summed E-state index contributed by atoms with van der Waals surface area (Å²) < 4.78 is 44.4. The van der Waals surface area contributed by atoms with Gasteiger partial charge in [0.2, 0.25) is 0 Å². The maximum absolute atomic E-state index is 12.8. The summed E-state index contributed by atoms with van der Waals surface area (Å²) in [7, 11) is 0. The Labute approximate surface area is 171 Å². The van der Waals surface area contributed by atoms with Gasteiger partial charge in [-0.1, -0.05) is 43.2 Å². The number of ether oxygens (including phenoxy) is 1.